The first-order valence-electron chi connectivity index (χ1n) is 4.71. The second kappa shape index (κ2) is 5.15. The minimum atomic E-state index is -4.48. The molecule has 4 N–H and O–H groups in total. The number of amides is 1. The van der Waals surface area contributed by atoms with Crippen molar-refractivity contribution in [2.45, 2.75) is 12.3 Å². The summed E-state index contributed by atoms with van der Waals surface area (Å²) in [4.78, 5) is 11.2. The van der Waals surface area contributed by atoms with Gasteiger partial charge >= 0.3 is 6.18 Å². The Labute approximate surface area is 95.2 Å². The summed E-state index contributed by atoms with van der Waals surface area (Å²) in [6.07, 6.45) is -5.92. The fourth-order valence-electron chi connectivity index (χ4n) is 1.11. The molecule has 0 aromatic heterocycles. The molecule has 1 rings (SSSR count). The molecule has 0 saturated heterocycles. The van der Waals surface area contributed by atoms with Crippen LogP contribution in [0.15, 0.2) is 24.3 Å². The molecular formula is C10H11F3N2O2. The fraction of sp³-hybridized carbons (Fsp3) is 0.300. The van der Waals surface area contributed by atoms with E-state index in [0.29, 0.717) is 0 Å². The highest BCUT2D eigenvalue weighted by atomic mass is 19.4. The molecule has 0 radical (unpaired) electrons. The van der Waals surface area contributed by atoms with Crippen molar-refractivity contribution in [3.05, 3.63) is 29.8 Å². The summed E-state index contributed by atoms with van der Waals surface area (Å²) in [5, 5.41) is 11.2. The third-order valence-corrected chi connectivity index (χ3v) is 1.98. The number of anilines is 1. The molecule has 7 heteroatoms. The SMILES string of the molecule is NCC(O)C(=O)Nc1cccc(C(F)(F)F)c1. The Hall–Kier alpha value is -1.60. The van der Waals surface area contributed by atoms with Gasteiger partial charge < -0.3 is 16.2 Å². The van der Waals surface area contributed by atoms with E-state index in [9.17, 15) is 18.0 Å². The van der Waals surface area contributed by atoms with Crippen LogP contribution in [0.3, 0.4) is 0 Å². The normalized spacial score (nSPS) is 13.2. The minimum Gasteiger partial charge on any atom is -0.382 e. The number of nitrogens with one attached hydrogen (secondary N) is 1. The van der Waals surface area contributed by atoms with Crippen molar-refractivity contribution in [2.24, 2.45) is 5.73 Å². The molecule has 0 aliphatic rings. The van der Waals surface area contributed by atoms with E-state index in [0.717, 1.165) is 18.2 Å². The molecule has 0 saturated carbocycles. The molecule has 0 aliphatic heterocycles. The third kappa shape index (κ3) is 3.72. The van der Waals surface area contributed by atoms with Gasteiger partial charge in [-0.3, -0.25) is 4.79 Å². The Kier molecular flexibility index (Phi) is 4.08. The average Bonchev–Trinajstić information content (AvgIpc) is 2.27. The van der Waals surface area contributed by atoms with Gasteiger partial charge in [-0.1, -0.05) is 6.07 Å². The number of aliphatic hydroxyl groups excluding tert-OH is 1. The van der Waals surface area contributed by atoms with E-state index in [1.165, 1.54) is 6.07 Å². The van der Waals surface area contributed by atoms with Crippen LogP contribution in [-0.4, -0.2) is 23.7 Å². The van der Waals surface area contributed by atoms with Crippen molar-refractivity contribution in [1.29, 1.82) is 0 Å². The van der Waals surface area contributed by atoms with E-state index in [2.05, 4.69) is 5.32 Å². The molecular weight excluding hydrogens is 237 g/mol. The highest BCUT2D eigenvalue weighted by Gasteiger charge is 2.30. The zero-order valence-electron chi connectivity index (χ0n) is 8.66. The molecule has 1 aromatic carbocycles. The molecule has 0 heterocycles. The molecule has 17 heavy (non-hydrogen) atoms. The van der Waals surface area contributed by atoms with Crippen molar-refractivity contribution in [3.63, 3.8) is 0 Å². The van der Waals surface area contributed by atoms with Crippen LogP contribution in [0.2, 0.25) is 0 Å². The van der Waals surface area contributed by atoms with E-state index >= 15 is 0 Å². The highest BCUT2D eigenvalue weighted by Crippen LogP contribution is 2.30. The molecule has 1 aromatic rings. The van der Waals surface area contributed by atoms with Gasteiger partial charge in [0, 0.05) is 12.2 Å². The molecule has 94 valence electrons. The van der Waals surface area contributed by atoms with Gasteiger partial charge in [-0.2, -0.15) is 13.2 Å². The summed E-state index contributed by atoms with van der Waals surface area (Å²) in [7, 11) is 0. The second-order valence-corrected chi connectivity index (χ2v) is 3.32. The number of hydrogen-bond donors (Lipinski definition) is 3. The summed E-state index contributed by atoms with van der Waals surface area (Å²) in [6.45, 7) is -0.301. The first kappa shape index (κ1) is 13.5. The number of rotatable bonds is 3. The van der Waals surface area contributed by atoms with Crippen LogP contribution >= 0.6 is 0 Å². The van der Waals surface area contributed by atoms with Gasteiger partial charge in [-0.15, -0.1) is 0 Å². The number of alkyl halides is 3. The number of halogens is 3. The predicted octanol–water partition coefficient (Wildman–Crippen LogP) is 0.964. The summed E-state index contributed by atoms with van der Waals surface area (Å²) in [5.74, 6) is -0.841. The van der Waals surface area contributed by atoms with Crippen molar-refractivity contribution in [2.75, 3.05) is 11.9 Å². The molecule has 1 atom stereocenters. The first-order chi connectivity index (χ1) is 7.84. The van der Waals surface area contributed by atoms with E-state index in [4.69, 9.17) is 10.8 Å². The van der Waals surface area contributed by atoms with Crippen LogP contribution in [0, 0.1) is 0 Å². The number of carbonyl (C=O) groups is 1. The largest absolute Gasteiger partial charge is 0.416 e. The van der Waals surface area contributed by atoms with Crippen molar-refractivity contribution in [3.8, 4) is 0 Å². The maximum atomic E-state index is 12.3. The number of aliphatic hydroxyl groups is 1. The Morgan fingerprint density at radius 2 is 2.12 bits per heavy atom. The van der Waals surface area contributed by atoms with Crippen LogP contribution in [0.1, 0.15) is 5.56 Å². The highest BCUT2D eigenvalue weighted by molar-refractivity contribution is 5.94. The molecule has 4 nitrogen and oxygen atoms in total. The number of carbonyl (C=O) groups excluding carboxylic acids is 1. The van der Waals surface area contributed by atoms with Gasteiger partial charge in [0.15, 0.2) is 0 Å². The van der Waals surface area contributed by atoms with E-state index in [1.807, 2.05) is 0 Å². The molecule has 1 amide bonds. The van der Waals surface area contributed by atoms with Crippen LogP contribution in [0.5, 0.6) is 0 Å². The topological polar surface area (TPSA) is 75.3 Å². The van der Waals surface area contributed by atoms with E-state index < -0.39 is 23.8 Å². The Morgan fingerprint density at radius 3 is 2.65 bits per heavy atom. The van der Waals surface area contributed by atoms with Crippen molar-refractivity contribution < 1.29 is 23.1 Å². The van der Waals surface area contributed by atoms with Crippen LogP contribution in [-0.2, 0) is 11.0 Å². The summed E-state index contributed by atoms with van der Waals surface area (Å²) < 4.78 is 37.0. The fourth-order valence-corrected chi connectivity index (χ4v) is 1.11. The molecule has 0 fully saturated rings. The van der Waals surface area contributed by atoms with Crippen LogP contribution < -0.4 is 11.1 Å². The lowest BCUT2D eigenvalue weighted by atomic mass is 10.2. The molecule has 1 unspecified atom stereocenters. The summed E-state index contributed by atoms with van der Waals surface area (Å²) in [6, 6.07) is 4.11. The maximum absolute atomic E-state index is 12.3. The standard InChI is InChI=1S/C10H11F3N2O2/c11-10(12,13)6-2-1-3-7(4-6)15-9(17)8(16)5-14/h1-4,8,16H,5,14H2,(H,15,17). The first-order valence-corrected chi connectivity index (χ1v) is 4.71. The van der Waals surface area contributed by atoms with Gasteiger partial charge in [0.2, 0.25) is 0 Å². The van der Waals surface area contributed by atoms with Crippen LogP contribution in [0.25, 0.3) is 0 Å². The van der Waals surface area contributed by atoms with E-state index in [1.54, 1.807) is 0 Å². The molecule has 0 aliphatic carbocycles. The predicted molar refractivity (Wildman–Crippen MR) is 55.1 cm³/mol. The zero-order valence-corrected chi connectivity index (χ0v) is 8.66. The number of nitrogens with two attached hydrogens (primary N) is 1. The number of benzene rings is 1. The van der Waals surface area contributed by atoms with Crippen molar-refractivity contribution >= 4 is 11.6 Å². The monoisotopic (exact) mass is 248 g/mol. The van der Waals surface area contributed by atoms with Gasteiger partial charge in [-0.25, -0.2) is 0 Å². The zero-order chi connectivity index (χ0) is 13.1. The van der Waals surface area contributed by atoms with Gasteiger partial charge in [0.05, 0.1) is 5.56 Å². The van der Waals surface area contributed by atoms with Crippen molar-refractivity contribution in [1.82, 2.24) is 0 Å². The Balaban J connectivity index is 2.83. The quantitative estimate of drug-likeness (QED) is 0.745. The van der Waals surface area contributed by atoms with Gasteiger partial charge in [0.1, 0.15) is 6.10 Å². The maximum Gasteiger partial charge on any atom is 0.416 e. The average molecular weight is 248 g/mol. The lowest BCUT2D eigenvalue weighted by molar-refractivity contribution is -0.137. The third-order valence-electron chi connectivity index (χ3n) is 1.98. The molecule has 0 bridgehead atoms. The Morgan fingerprint density at radius 1 is 1.47 bits per heavy atom. The Bertz CT molecular complexity index is 407. The number of hydrogen-bond acceptors (Lipinski definition) is 3. The van der Waals surface area contributed by atoms with Gasteiger partial charge in [-0.05, 0) is 18.2 Å². The van der Waals surface area contributed by atoms with Gasteiger partial charge in [0.25, 0.3) is 5.91 Å². The summed E-state index contributed by atoms with van der Waals surface area (Å²) >= 11 is 0. The van der Waals surface area contributed by atoms with Crippen LogP contribution in [0.4, 0.5) is 18.9 Å². The molecule has 0 spiro atoms. The smallest absolute Gasteiger partial charge is 0.382 e. The second-order valence-electron chi connectivity index (χ2n) is 3.32. The lowest BCUT2D eigenvalue weighted by Gasteiger charge is -2.11. The lowest BCUT2D eigenvalue weighted by Crippen LogP contribution is -2.34. The van der Waals surface area contributed by atoms with E-state index in [-0.39, 0.29) is 12.2 Å². The summed E-state index contributed by atoms with van der Waals surface area (Å²) in [5.41, 5.74) is 4.11. The minimum absolute atomic E-state index is 0.0441.